The Morgan fingerprint density at radius 3 is 2.07 bits per heavy atom. The van der Waals surface area contributed by atoms with Crippen LogP contribution in [0.1, 0.15) is 40.7 Å². The number of benzene rings is 2. The molecule has 3 aromatic rings. The lowest BCUT2D eigenvalue weighted by Crippen LogP contribution is -2.29. The van der Waals surface area contributed by atoms with Gasteiger partial charge in [0.1, 0.15) is 0 Å². The minimum absolute atomic E-state index is 0.222. The number of carbonyl (C=O) groups is 4. The summed E-state index contributed by atoms with van der Waals surface area (Å²) in [6.45, 7) is -0.348. The van der Waals surface area contributed by atoms with E-state index in [-0.39, 0.29) is 18.0 Å². The molecule has 0 bridgehead atoms. The highest BCUT2D eigenvalue weighted by Gasteiger charge is 2.36. The van der Waals surface area contributed by atoms with E-state index >= 15 is 0 Å². The van der Waals surface area contributed by atoms with Gasteiger partial charge >= 0.3 is 5.97 Å². The summed E-state index contributed by atoms with van der Waals surface area (Å²) in [5.74, 6) is -1.74. The first-order valence-corrected chi connectivity index (χ1v) is 9.26. The number of hydrogen-bond acceptors (Lipinski definition) is 6. The van der Waals surface area contributed by atoms with Gasteiger partial charge in [0.25, 0.3) is 11.8 Å². The van der Waals surface area contributed by atoms with Crippen molar-refractivity contribution in [3.63, 3.8) is 0 Å². The van der Waals surface area contributed by atoms with Gasteiger partial charge in [-0.05, 0) is 47.8 Å². The number of anilines is 1. The third kappa shape index (κ3) is 3.12. The second kappa shape index (κ2) is 7.21. The van der Waals surface area contributed by atoms with Gasteiger partial charge in [-0.2, -0.15) is 0 Å². The summed E-state index contributed by atoms with van der Waals surface area (Å²) < 4.78 is 5.04. The molecule has 7 heteroatoms. The maximum atomic E-state index is 12.5. The molecule has 0 unspecified atom stereocenters. The third-order valence-corrected chi connectivity index (χ3v) is 5.20. The lowest BCUT2D eigenvalue weighted by molar-refractivity contribution is 0.0476. The van der Waals surface area contributed by atoms with Crippen LogP contribution in [0.25, 0.3) is 0 Å². The molecule has 0 saturated heterocycles. The van der Waals surface area contributed by atoms with Crippen molar-refractivity contribution in [1.29, 1.82) is 0 Å². The maximum Gasteiger partial charge on any atom is 0.338 e. The van der Waals surface area contributed by atoms with Crippen molar-refractivity contribution in [1.82, 2.24) is 0 Å². The number of esters is 1. The van der Waals surface area contributed by atoms with Crippen LogP contribution >= 0.6 is 11.3 Å². The van der Waals surface area contributed by atoms with Crippen molar-refractivity contribution >= 4 is 40.6 Å². The lowest BCUT2D eigenvalue weighted by atomic mass is 10.1. The van der Waals surface area contributed by atoms with Crippen LogP contribution in [0.4, 0.5) is 5.69 Å². The van der Waals surface area contributed by atoms with Crippen LogP contribution in [0, 0.1) is 0 Å². The molecule has 2 amide bonds. The normalized spacial score (nSPS) is 12.8. The predicted octanol–water partition coefficient (Wildman–Crippen LogP) is 3.59. The van der Waals surface area contributed by atoms with Gasteiger partial charge < -0.3 is 4.74 Å². The van der Waals surface area contributed by atoms with Gasteiger partial charge in [0.15, 0.2) is 6.61 Å². The van der Waals surface area contributed by atoms with E-state index < -0.39 is 17.8 Å². The highest BCUT2D eigenvalue weighted by Crippen LogP contribution is 2.28. The number of nitrogens with zero attached hydrogens (tertiary/aromatic N) is 1. The Bertz CT molecular complexity index is 1050. The molecular formula is C21H13NO5S. The summed E-state index contributed by atoms with van der Waals surface area (Å²) in [6, 6.07) is 15.9. The van der Waals surface area contributed by atoms with Gasteiger partial charge in [-0.1, -0.05) is 18.2 Å². The maximum absolute atomic E-state index is 12.5. The molecule has 0 spiro atoms. The number of ether oxygens (including phenoxy) is 1. The lowest BCUT2D eigenvalue weighted by Gasteiger charge is -2.14. The van der Waals surface area contributed by atoms with Crippen LogP contribution in [0.3, 0.4) is 0 Å². The molecule has 1 aliphatic rings. The molecule has 0 saturated carbocycles. The zero-order valence-corrected chi connectivity index (χ0v) is 15.3. The molecule has 28 heavy (non-hydrogen) atoms. The van der Waals surface area contributed by atoms with Crippen molar-refractivity contribution in [3.05, 3.63) is 87.6 Å². The average molecular weight is 391 g/mol. The molecule has 138 valence electrons. The Balaban J connectivity index is 1.46. The molecule has 2 heterocycles. The van der Waals surface area contributed by atoms with Crippen LogP contribution in [-0.4, -0.2) is 30.2 Å². The number of fused-ring (bicyclic) bond motifs is 1. The predicted molar refractivity (Wildman–Crippen MR) is 103 cm³/mol. The van der Waals surface area contributed by atoms with E-state index in [4.69, 9.17) is 4.74 Å². The van der Waals surface area contributed by atoms with Crippen molar-refractivity contribution in [3.8, 4) is 0 Å². The molecular weight excluding hydrogens is 378 g/mol. The first kappa shape index (κ1) is 17.8. The number of Topliss-reactive ketones (excluding diaryl/α,β-unsaturated/α-hetero) is 1. The Kier molecular flexibility index (Phi) is 4.58. The third-order valence-electron chi connectivity index (χ3n) is 4.29. The average Bonchev–Trinajstić information content (AvgIpc) is 3.34. The second-order valence-electron chi connectivity index (χ2n) is 6.01. The number of amides is 2. The highest BCUT2D eigenvalue weighted by molar-refractivity contribution is 7.12. The fourth-order valence-electron chi connectivity index (χ4n) is 2.89. The molecule has 2 aromatic carbocycles. The molecule has 6 nitrogen and oxygen atoms in total. The van der Waals surface area contributed by atoms with Gasteiger partial charge in [0, 0.05) is 0 Å². The van der Waals surface area contributed by atoms with Crippen LogP contribution < -0.4 is 4.90 Å². The molecule has 1 aromatic heterocycles. The van der Waals surface area contributed by atoms with Gasteiger partial charge in [-0.3, -0.25) is 14.4 Å². The Labute approximate surface area is 164 Å². The van der Waals surface area contributed by atoms with E-state index in [2.05, 4.69) is 0 Å². The molecule has 1 aliphatic heterocycles. The van der Waals surface area contributed by atoms with Gasteiger partial charge in [-0.15, -0.1) is 11.3 Å². The SMILES string of the molecule is O=C(OCC(=O)c1cccs1)c1ccc(N2C(=O)c3ccccc3C2=O)cc1. The summed E-state index contributed by atoms with van der Waals surface area (Å²) in [6.07, 6.45) is 0. The number of imide groups is 1. The van der Waals surface area contributed by atoms with E-state index in [1.54, 1.807) is 41.8 Å². The summed E-state index contributed by atoms with van der Waals surface area (Å²) in [7, 11) is 0. The smallest absolute Gasteiger partial charge is 0.338 e. The molecule has 0 N–H and O–H groups in total. The monoisotopic (exact) mass is 391 g/mol. The first-order chi connectivity index (χ1) is 13.6. The van der Waals surface area contributed by atoms with E-state index in [0.717, 1.165) is 4.90 Å². The molecule has 4 rings (SSSR count). The number of carbonyl (C=O) groups excluding carboxylic acids is 4. The zero-order valence-electron chi connectivity index (χ0n) is 14.5. The van der Waals surface area contributed by atoms with Gasteiger partial charge in [-0.25, -0.2) is 9.69 Å². The van der Waals surface area contributed by atoms with Crippen LogP contribution in [0.5, 0.6) is 0 Å². The standard InChI is InChI=1S/C21H13NO5S/c23-17(18-6-3-11-28-18)12-27-21(26)13-7-9-14(10-8-13)22-19(24)15-4-1-2-5-16(15)20(22)25/h1-11H,12H2. The molecule has 0 atom stereocenters. The van der Waals surface area contributed by atoms with Crippen LogP contribution in [0.15, 0.2) is 66.0 Å². The minimum Gasteiger partial charge on any atom is -0.454 e. The largest absolute Gasteiger partial charge is 0.454 e. The van der Waals surface area contributed by atoms with E-state index in [1.807, 2.05) is 0 Å². The van der Waals surface area contributed by atoms with Crippen molar-refractivity contribution in [2.45, 2.75) is 0 Å². The number of rotatable bonds is 5. The number of hydrogen-bond donors (Lipinski definition) is 0. The number of ketones is 1. The Morgan fingerprint density at radius 2 is 1.50 bits per heavy atom. The van der Waals surface area contributed by atoms with Crippen LogP contribution in [0.2, 0.25) is 0 Å². The van der Waals surface area contributed by atoms with Crippen molar-refractivity contribution in [2.75, 3.05) is 11.5 Å². The van der Waals surface area contributed by atoms with Crippen molar-refractivity contribution in [2.24, 2.45) is 0 Å². The van der Waals surface area contributed by atoms with Gasteiger partial charge in [0.2, 0.25) is 5.78 Å². The fourth-order valence-corrected chi connectivity index (χ4v) is 3.54. The molecule has 0 radical (unpaired) electrons. The van der Waals surface area contributed by atoms with E-state index in [0.29, 0.717) is 21.7 Å². The molecule has 0 aliphatic carbocycles. The first-order valence-electron chi connectivity index (χ1n) is 8.38. The molecule has 0 fully saturated rings. The van der Waals surface area contributed by atoms with Gasteiger partial charge in [0.05, 0.1) is 27.3 Å². The Hall–Kier alpha value is -3.58. The minimum atomic E-state index is -0.654. The summed E-state index contributed by atoms with van der Waals surface area (Å²) in [5.41, 5.74) is 1.28. The summed E-state index contributed by atoms with van der Waals surface area (Å²) in [5, 5.41) is 1.77. The summed E-state index contributed by atoms with van der Waals surface area (Å²) in [4.78, 5) is 50.6. The quantitative estimate of drug-likeness (QED) is 0.377. The Morgan fingerprint density at radius 1 is 0.857 bits per heavy atom. The highest BCUT2D eigenvalue weighted by atomic mass is 32.1. The van der Waals surface area contributed by atoms with E-state index in [1.165, 1.54) is 35.6 Å². The summed E-state index contributed by atoms with van der Waals surface area (Å²) >= 11 is 1.28. The second-order valence-corrected chi connectivity index (χ2v) is 6.96. The van der Waals surface area contributed by atoms with E-state index in [9.17, 15) is 19.2 Å². The van der Waals surface area contributed by atoms with Crippen LogP contribution in [-0.2, 0) is 4.74 Å². The number of thiophene rings is 1. The zero-order chi connectivity index (χ0) is 19.7. The fraction of sp³-hybridized carbons (Fsp3) is 0.0476. The van der Waals surface area contributed by atoms with Crippen molar-refractivity contribution < 1.29 is 23.9 Å². The topological polar surface area (TPSA) is 80.8 Å².